The van der Waals surface area contributed by atoms with E-state index < -0.39 is 5.97 Å². The Hall–Kier alpha value is -0.580. The maximum Gasteiger partial charge on any atom is 0.337 e. The normalized spacial score (nSPS) is 10.7. The number of hydrogen-bond donors (Lipinski definition) is 1. The van der Waals surface area contributed by atoms with E-state index >= 15 is 0 Å². The SMILES string of the molecule is O=C(O)c1ccc2sc(Br)cc2c1Cl. The second-order valence-corrected chi connectivity index (χ2v) is 5.54. The van der Waals surface area contributed by atoms with Gasteiger partial charge in [0.1, 0.15) is 0 Å². The summed E-state index contributed by atoms with van der Waals surface area (Å²) in [7, 11) is 0. The molecule has 72 valence electrons. The quantitative estimate of drug-likeness (QED) is 0.862. The maximum absolute atomic E-state index is 10.8. The van der Waals surface area contributed by atoms with Crippen LogP contribution in [0.2, 0.25) is 5.02 Å². The summed E-state index contributed by atoms with van der Waals surface area (Å²) in [6, 6.07) is 5.12. The predicted molar refractivity (Wildman–Crippen MR) is 61.5 cm³/mol. The minimum absolute atomic E-state index is 0.143. The average molecular weight is 292 g/mol. The summed E-state index contributed by atoms with van der Waals surface area (Å²) in [4.78, 5) is 10.8. The highest BCUT2D eigenvalue weighted by Crippen LogP contribution is 2.35. The van der Waals surface area contributed by atoms with Crippen molar-refractivity contribution < 1.29 is 9.90 Å². The monoisotopic (exact) mass is 290 g/mol. The number of carboxylic acids is 1. The van der Waals surface area contributed by atoms with E-state index in [0.717, 1.165) is 13.9 Å². The van der Waals surface area contributed by atoms with Gasteiger partial charge in [-0.1, -0.05) is 11.6 Å². The Balaban J connectivity index is 2.80. The molecule has 0 radical (unpaired) electrons. The molecule has 0 saturated heterocycles. The second kappa shape index (κ2) is 3.53. The Morgan fingerprint density at radius 3 is 2.86 bits per heavy atom. The van der Waals surface area contributed by atoms with Crippen molar-refractivity contribution in [2.45, 2.75) is 0 Å². The van der Waals surface area contributed by atoms with E-state index in [2.05, 4.69) is 15.9 Å². The maximum atomic E-state index is 10.8. The first kappa shape index (κ1) is 9.96. The fraction of sp³-hybridized carbons (Fsp3) is 0. The molecule has 0 atom stereocenters. The molecular formula is C9H4BrClO2S. The van der Waals surface area contributed by atoms with Crippen LogP contribution in [0, 0.1) is 0 Å². The number of halogens is 2. The van der Waals surface area contributed by atoms with Gasteiger partial charge >= 0.3 is 5.97 Å². The van der Waals surface area contributed by atoms with Gasteiger partial charge in [-0.3, -0.25) is 0 Å². The van der Waals surface area contributed by atoms with Crippen LogP contribution < -0.4 is 0 Å². The van der Waals surface area contributed by atoms with Crippen LogP contribution >= 0.6 is 38.9 Å². The number of aromatic carboxylic acids is 1. The highest BCUT2D eigenvalue weighted by Gasteiger charge is 2.12. The molecule has 5 heteroatoms. The summed E-state index contributed by atoms with van der Waals surface area (Å²) >= 11 is 10.8. The Morgan fingerprint density at radius 2 is 2.21 bits per heavy atom. The fourth-order valence-corrected chi connectivity index (χ4v) is 3.11. The van der Waals surface area contributed by atoms with Gasteiger partial charge in [0.2, 0.25) is 0 Å². The van der Waals surface area contributed by atoms with Crippen molar-refractivity contribution in [3.63, 3.8) is 0 Å². The largest absolute Gasteiger partial charge is 0.478 e. The van der Waals surface area contributed by atoms with Gasteiger partial charge in [0, 0.05) is 10.1 Å². The summed E-state index contributed by atoms with van der Waals surface area (Å²) in [5.74, 6) is -1.00. The molecule has 0 amide bonds. The Labute approximate surface area is 97.2 Å². The van der Waals surface area contributed by atoms with Crippen molar-refractivity contribution in [2.75, 3.05) is 0 Å². The summed E-state index contributed by atoms with van der Waals surface area (Å²) in [5.41, 5.74) is 0.143. The molecule has 0 aliphatic heterocycles. The molecule has 1 N–H and O–H groups in total. The van der Waals surface area contributed by atoms with Crippen molar-refractivity contribution in [3.8, 4) is 0 Å². The second-order valence-electron chi connectivity index (χ2n) is 2.69. The summed E-state index contributed by atoms with van der Waals surface area (Å²) in [6.07, 6.45) is 0. The van der Waals surface area contributed by atoms with Crippen molar-refractivity contribution in [1.82, 2.24) is 0 Å². The lowest BCUT2D eigenvalue weighted by Gasteiger charge is -1.98. The Bertz CT molecular complexity index is 521. The van der Waals surface area contributed by atoms with Crippen molar-refractivity contribution in [1.29, 1.82) is 0 Å². The number of benzene rings is 1. The third-order valence-electron chi connectivity index (χ3n) is 1.84. The summed E-state index contributed by atoms with van der Waals surface area (Å²) in [6.45, 7) is 0. The fourth-order valence-electron chi connectivity index (χ4n) is 1.21. The molecule has 2 rings (SSSR count). The molecule has 0 fully saturated rings. The standard InChI is InChI=1S/C9H4BrClO2S/c10-7-3-5-6(14-7)2-1-4(8(5)11)9(12)13/h1-3H,(H,12,13). The first-order valence-electron chi connectivity index (χ1n) is 3.70. The first-order chi connectivity index (χ1) is 6.59. The van der Waals surface area contributed by atoms with Gasteiger partial charge in [-0.15, -0.1) is 11.3 Å². The van der Waals surface area contributed by atoms with Crippen molar-refractivity contribution >= 4 is 54.9 Å². The van der Waals surface area contributed by atoms with E-state index in [-0.39, 0.29) is 5.56 Å². The van der Waals surface area contributed by atoms with Crippen molar-refractivity contribution in [3.05, 3.63) is 32.6 Å². The number of thiophene rings is 1. The average Bonchev–Trinajstić information content (AvgIpc) is 2.46. The number of rotatable bonds is 1. The van der Waals surface area contributed by atoms with Gasteiger partial charge in [-0.25, -0.2) is 4.79 Å². The third kappa shape index (κ3) is 1.54. The lowest BCUT2D eigenvalue weighted by molar-refractivity contribution is 0.0697. The van der Waals surface area contributed by atoms with E-state index in [4.69, 9.17) is 16.7 Å². The van der Waals surface area contributed by atoms with Crippen LogP contribution in [-0.4, -0.2) is 11.1 Å². The van der Waals surface area contributed by atoms with Crippen LogP contribution in [0.5, 0.6) is 0 Å². The molecular weight excluding hydrogens is 288 g/mol. The van der Waals surface area contributed by atoms with Crippen LogP contribution in [0.4, 0.5) is 0 Å². The zero-order valence-corrected chi connectivity index (χ0v) is 9.91. The number of carboxylic acid groups (broad SMARTS) is 1. The van der Waals surface area contributed by atoms with Gasteiger partial charge in [-0.2, -0.15) is 0 Å². The molecule has 14 heavy (non-hydrogen) atoms. The van der Waals surface area contributed by atoms with Gasteiger partial charge in [-0.05, 0) is 34.1 Å². The molecule has 0 saturated carbocycles. The molecule has 1 aromatic heterocycles. The summed E-state index contributed by atoms with van der Waals surface area (Å²) in [5, 5.41) is 9.92. The van der Waals surface area contributed by atoms with E-state index in [9.17, 15) is 4.79 Å². The van der Waals surface area contributed by atoms with Crippen LogP contribution in [0.3, 0.4) is 0 Å². The molecule has 0 aliphatic carbocycles. The minimum atomic E-state index is -1.00. The van der Waals surface area contributed by atoms with Crippen molar-refractivity contribution in [2.24, 2.45) is 0 Å². The lowest BCUT2D eigenvalue weighted by Crippen LogP contribution is -1.96. The molecule has 1 aromatic carbocycles. The van der Waals surface area contributed by atoms with E-state index in [1.165, 1.54) is 17.4 Å². The van der Waals surface area contributed by atoms with E-state index in [1.807, 2.05) is 6.07 Å². The molecule has 0 spiro atoms. The van der Waals surface area contributed by atoms with Crippen LogP contribution in [0.1, 0.15) is 10.4 Å². The molecule has 0 unspecified atom stereocenters. The number of fused-ring (bicyclic) bond motifs is 1. The zero-order chi connectivity index (χ0) is 10.3. The number of hydrogen-bond acceptors (Lipinski definition) is 2. The predicted octanol–water partition coefficient (Wildman–Crippen LogP) is 4.02. The van der Waals surface area contributed by atoms with E-state index in [1.54, 1.807) is 6.07 Å². The third-order valence-corrected chi connectivity index (χ3v) is 3.85. The smallest absolute Gasteiger partial charge is 0.337 e. The minimum Gasteiger partial charge on any atom is -0.478 e. The van der Waals surface area contributed by atoms with Crippen LogP contribution in [0.15, 0.2) is 22.0 Å². The highest BCUT2D eigenvalue weighted by molar-refractivity contribution is 9.11. The molecule has 1 heterocycles. The molecule has 2 nitrogen and oxygen atoms in total. The van der Waals surface area contributed by atoms with Gasteiger partial charge in [0.05, 0.1) is 14.4 Å². The van der Waals surface area contributed by atoms with Gasteiger partial charge < -0.3 is 5.11 Å². The molecule has 0 bridgehead atoms. The number of carbonyl (C=O) groups is 1. The van der Waals surface area contributed by atoms with Gasteiger partial charge in [0.25, 0.3) is 0 Å². The Morgan fingerprint density at radius 1 is 1.50 bits per heavy atom. The highest BCUT2D eigenvalue weighted by atomic mass is 79.9. The summed E-state index contributed by atoms with van der Waals surface area (Å²) < 4.78 is 1.92. The van der Waals surface area contributed by atoms with Crippen LogP contribution in [0.25, 0.3) is 10.1 Å². The zero-order valence-electron chi connectivity index (χ0n) is 6.75. The Kier molecular flexibility index (Phi) is 2.51. The molecule has 0 aliphatic rings. The molecule has 2 aromatic rings. The van der Waals surface area contributed by atoms with Crippen LogP contribution in [-0.2, 0) is 0 Å². The van der Waals surface area contributed by atoms with E-state index in [0.29, 0.717) is 5.02 Å². The lowest BCUT2D eigenvalue weighted by atomic mass is 10.2. The topological polar surface area (TPSA) is 37.3 Å². The first-order valence-corrected chi connectivity index (χ1v) is 5.69. The van der Waals surface area contributed by atoms with Gasteiger partial charge in [0.15, 0.2) is 0 Å².